The number of phenols is 1. The van der Waals surface area contributed by atoms with Crippen LogP contribution in [0.1, 0.15) is 0 Å². The number of azo groups is 1. The molecule has 0 aliphatic heterocycles. The average Bonchev–Trinajstić information content (AvgIpc) is 2.37. The molecule has 6 heteroatoms. The number of rotatable bonds is 2. The highest BCUT2D eigenvalue weighted by atomic mass is 127. The van der Waals surface area contributed by atoms with Crippen molar-refractivity contribution in [1.29, 1.82) is 0 Å². The molecule has 92 valence electrons. The van der Waals surface area contributed by atoms with Crippen LogP contribution in [0.25, 0.3) is 0 Å². The molecule has 0 saturated carbocycles. The summed E-state index contributed by atoms with van der Waals surface area (Å²) in [5.41, 5.74) is 0.271. The summed E-state index contributed by atoms with van der Waals surface area (Å²) in [6.07, 6.45) is 0. The highest BCUT2D eigenvalue weighted by Gasteiger charge is 2.12. The van der Waals surface area contributed by atoms with Gasteiger partial charge >= 0.3 is 0 Å². The third-order valence-electron chi connectivity index (χ3n) is 2.14. The maximum absolute atomic E-state index is 13.3. The number of nitrogens with zero attached hydrogens (tertiary/aromatic N) is 2. The van der Waals surface area contributed by atoms with E-state index in [4.69, 9.17) is 5.11 Å². The monoisotopic (exact) mass is 360 g/mol. The minimum Gasteiger partial charge on any atom is -0.505 e. The van der Waals surface area contributed by atoms with E-state index in [9.17, 15) is 8.78 Å². The van der Waals surface area contributed by atoms with Gasteiger partial charge in [0.1, 0.15) is 5.69 Å². The molecule has 0 atom stereocenters. The van der Waals surface area contributed by atoms with E-state index in [1.165, 1.54) is 0 Å². The summed E-state index contributed by atoms with van der Waals surface area (Å²) < 4.78 is 27.4. The van der Waals surface area contributed by atoms with Gasteiger partial charge in [-0.25, -0.2) is 4.39 Å². The third kappa shape index (κ3) is 2.81. The van der Waals surface area contributed by atoms with E-state index >= 15 is 0 Å². The summed E-state index contributed by atoms with van der Waals surface area (Å²) in [7, 11) is 0. The second kappa shape index (κ2) is 5.38. The molecule has 2 aromatic rings. The average molecular weight is 360 g/mol. The topological polar surface area (TPSA) is 45.0 Å². The lowest BCUT2D eigenvalue weighted by Crippen LogP contribution is -1.84. The highest BCUT2D eigenvalue weighted by molar-refractivity contribution is 14.1. The molecule has 0 aliphatic carbocycles. The standard InChI is InChI=1S/C12H7F2IN2O/c13-11-9(5-6-10(18)12(11)14)17-16-8-3-1-7(15)2-4-8/h1-6,18H. The predicted molar refractivity (Wildman–Crippen MR) is 71.4 cm³/mol. The van der Waals surface area contributed by atoms with Gasteiger partial charge in [-0.15, -0.1) is 5.11 Å². The molecule has 0 amide bonds. The second-order valence-corrected chi connectivity index (χ2v) is 4.65. The zero-order valence-corrected chi connectivity index (χ0v) is 11.1. The molecule has 18 heavy (non-hydrogen) atoms. The van der Waals surface area contributed by atoms with E-state index in [-0.39, 0.29) is 5.69 Å². The fourth-order valence-corrected chi connectivity index (χ4v) is 1.59. The predicted octanol–water partition coefficient (Wildman–Crippen LogP) is 4.69. The molecule has 3 nitrogen and oxygen atoms in total. The van der Waals surface area contributed by atoms with Gasteiger partial charge in [0.15, 0.2) is 11.6 Å². The summed E-state index contributed by atoms with van der Waals surface area (Å²) in [6.45, 7) is 0. The molecular weight excluding hydrogens is 353 g/mol. The van der Waals surface area contributed by atoms with Crippen LogP contribution >= 0.6 is 22.6 Å². The minimum atomic E-state index is -1.32. The van der Waals surface area contributed by atoms with Crippen molar-refractivity contribution < 1.29 is 13.9 Å². The fourth-order valence-electron chi connectivity index (χ4n) is 1.23. The van der Waals surface area contributed by atoms with Crippen LogP contribution in [0, 0.1) is 15.2 Å². The number of hydrogen-bond donors (Lipinski definition) is 1. The van der Waals surface area contributed by atoms with Crippen LogP contribution in [-0.4, -0.2) is 5.11 Å². The lowest BCUT2D eigenvalue weighted by Gasteiger charge is -1.99. The molecule has 0 saturated heterocycles. The Balaban J connectivity index is 2.29. The first-order valence-corrected chi connectivity index (χ1v) is 6.00. The molecule has 0 unspecified atom stereocenters. The van der Waals surface area contributed by atoms with Crippen molar-refractivity contribution in [2.24, 2.45) is 10.2 Å². The summed E-state index contributed by atoms with van der Waals surface area (Å²) >= 11 is 2.14. The van der Waals surface area contributed by atoms with Gasteiger partial charge in [-0.1, -0.05) is 0 Å². The molecule has 2 rings (SSSR count). The Bertz CT molecular complexity index is 600. The Hall–Kier alpha value is -1.57. The molecule has 0 heterocycles. The first-order valence-electron chi connectivity index (χ1n) is 4.92. The second-order valence-electron chi connectivity index (χ2n) is 3.41. The molecule has 0 fully saturated rings. The summed E-state index contributed by atoms with van der Waals surface area (Å²) in [5, 5.41) is 16.3. The van der Waals surface area contributed by atoms with Crippen LogP contribution in [0.2, 0.25) is 0 Å². The number of hydrogen-bond acceptors (Lipinski definition) is 3. The van der Waals surface area contributed by atoms with Crippen LogP contribution in [-0.2, 0) is 0 Å². The number of halogens is 3. The molecule has 0 radical (unpaired) electrons. The SMILES string of the molecule is Oc1ccc(N=Nc2ccc(I)cc2)c(F)c1F. The fraction of sp³-hybridized carbons (Fsp3) is 0. The van der Waals surface area contributed by atoms with Gasteiger partial charge < -0.3 is 5.11 Å². The first kappa shape index (κ1) is 12.9. The van der Waals surface area contributed by atoms with Crippen molar-refractivity contribution >= 4 is 34.0 Å². The zero-order valence-electron chi connectivity index (χ0n) is 8.94. The molecule has 1 N–H and O–H groups in total. The van der Waals surface area contributed by atoms with Crippen molar-refractivity contribution in [3.8, 4) is 5.75 Å². The van der Waals surface area contributed by atoms with E-state index in [1.54, 1.807) is 12.1 Å². The van der Waals surface area contributed by atoms with Crippen LogP contribution in [0.15, 0.2) is 46.6 Å². The van der Waals surface area contributed by atoms with Crippen LogP contribution in [0.3, 0.4) is 0 Å². The van der Waals surface area contributed by atoms with Gasteiger partial charge in [0.2, 0.25) is 5.82 Å². The van der Waals surface area contributed by atoms with E-state index < -0.39 is 17.4 Å². The molecular formula is C12H7F2IN2O. The minimum absolute atomic E-state index is 0.260. The number of aromatic hydroxyl groups is 1. The lowest BCUT2D eigenvalue weighted by atomic mass is 10.3. The van der Waals surface area contributed by atoms with Gasteiger partial charge in [0, 0.05) is 3.57 Å². The largest absolute Gasteiger partial charge is 0.505 e. The van der Waals surface area contributed by atoms with Crippen molar-refractivity contribution in [3.05, 3.63) is 51.6 Å². The maximum Gasteiger partial charge on any atom is 0.202 e. The molecule has 0 aromatic heterocycles. The van der Waals surface area contributed by atoms with Crippen molar-refractivity contribution in [2.75, 3.05) is 0 Å². The highest BCUT2D eigenvalue weighted by Crippen LogP contribution is 2.28. The Morgan fingerprint density at radius 3 is 2.22 bits per heavy atom. The maximum atomic E-state index is 13.3. The number of benzene rings is 2. The van der Waals surface area contributed by atoms with Crippen molar-refractivity contribution in [3.63, 3.8) is 0 Å². The van der Waals surface area contributed by atoms with Gasteiger partial charge in [0.05, 0.1) is 5.69 Å². The molecule has 2 aromatic carbocycles. The smallest absolute Gasteiger partial charge is 0.202 e. The Morgan fingerprint density at radius 2 is 1.56 bits per heavy atom. The van der Waals surface area contributed by atoms with Crippen molar-refractivity contribution in [1.82, 2.24) is 0 Å². The summed E-state index contributed by atoms with van der Waals surface area (Å²) in [6, 6.07) is 9.25. The summed E-state index contributed by atoms with van der Waals surface area (Å²) in [4.78, 5) is 0. The lowest BCUT2D eigenvalue weighted by molar-refractivity contribution is 0.407. The Morgan fingerprint density at radius 1 is 0.889 bits per heavy atom. The zero-order chi connectivity index (χ0) is 13.1. The van der Waals surface area contributed by atoms with E-state index in [0.29, 0.717) is 5.69 Å². The van der Waals surface area contributed by atoms with E-state index in [2.05, 4.69) is 32.8 Å². The normalized spacial score (nSPS) is 11.1. The molecule has 0 aliphatic rings. The van der Waals surface area contributed by atoms with Crippen LogP contribution in [0.5, 0.6) is 5.75 Å². The Kier molecular flexibility index (Phi) is 3.85. The van der Waals surface area contributed by atoms with Crippen LogP contribution in [0.4, 0.5) is 20.2 Å². The van der Waals surface area contributed by atoms with E-state index in [1.807, 2.05) is 12.1 Å². The van der Waals surface area contributed by atoms with Crippen molar-refractivity contribution in [2.45, 2.75) is 0 Å². The molecule has 0 spiro atoms. The summed E-state index contributed by atoms with van der Waals surface area (Å²) in [5.74, 6) is -3.29. The van der Waals surface area contributed by atoms with E-state index in [0.717, 1.165) is 15.7 Å². The quantitative estimate of drug-likeness (QED) is 0.613. The van der Waals surface area contributed by atoms with Gasteiger partial charge in [-0.2, -0.15) is 9.50 Å². The first-order chi connectivity index (χ1) is 8.58. The van der Waals surface area contributed by atoms with Crippen LogP contribution < -0.4 is 0 Å². The Labute approximate surface area is 115 Å². The number of phenolic OH excluding ortho intramolecular Hbond substituents is 1. The van der Waals surface area contributed by atoms with Gasteiger partial charge in [0.25, 0.3) is 0 Å². The third-order valence-corrected chi connectivity index (χ3v) is 2.86. The van der Waals surface area contributed by atoms with Gasteiger partial charge in [-0.3, -0.25) is 0 Å². The molecule has 0 bridgehead atoms. The van der Waals surface area contributed by atoms with Gasteiger partial charge in [-0.05, 0) is 59.0 Å².